The molecule has 144 valence electrons. The van der Waals surface area contributed by atoms with E-state index in [1.165, 1.54) is 18.2 Å². The van der Waals surface area contributed by atoms with Crippen molar-refractivity contribution in [1.82, 2.24) is 15.5 Å². The Morgan fingerprint density at radius 2 is 1.96 bits per heavy atom. The van der Waals surface area contributed by atoms with Crippen LogP contribution in [0.5, 0.6) is 0 Å². The summed E-state index contributed by atoms with van der Waals surface area (Å²) in [7, 11) is 1.65. The number of amides is 1. The fraction of sp³-hybridized carbons (Fsp3) is 0.556. The van der Waals surface area contributed by atoms with Crippen LogP contribution in [0.2, 0.25) is 0 Å². The Labute approximate surface area is 152 Å². The van der Waals surface area contributed by atoms with E-state index in [9.17, 15) is 13.6 Å². The predicted octanol–water partition coefficient (Wildman–Crippen LogP) is 2.29. The van der Waals surface area contributed by atoms with Gasteiger partial charge in [-0.1, -0.05) is 6.07 Å². The third kappa shape index (κ3) is 5.57. The SMILES string of the molecule is CCOC(=O)N1CCC(NC(=NC)NCCc2c(F)cccc2F)CC1. The second-order valence-electron chi connectivity index (χ2n) is 6.05. The largest absolute Gasteiger partial charge is 0.450 e. The van der Waals surface area contributed by atoms with Crippen molar-refractivity contribution in [1.29, 1.82) is 0 Å². The average Bonchev–Trinajstić information content (AvgIpc) is 2.64. The van der Waals surface area contributed by atoms with E-state index in [0.717, 1.165) is 12.8 Å². The first-order valence-corrected chi connectivity index (χ1v) is 8.87. The third-order valence-electron chi connectivity index (χ3n) is 4.31. The maximum absolute atomic E-state index is 13.6. The standard InChI is InChI=1S/C18H26F2N4O2/c1-3-26-18(25)24-11-8-13(9-12-24)23-17(21-2)22-10-7-14-15(19)5-4-6-16(14)20/h4-6,13H,3,7-12H2,1-2H3,(H2,21,22,23). The summed E-state index contributed by atoms with van der Waals surface area (Å²) >= 11 is 0. The highest BCUT2D eigenvalue weighted by Crippen LogP contribution is 2.13. The van der Waals surface area contributed by atoms with Gasteiger partial charge in [0.05, 0.1) is 6.61 Å². The number of ether oxygens (including phenoxy) is 1. The number of aliphatic imine (C=N–C) groups is 1. The van der Waals surface area contributed by atoms with E-state index in [2.05, 4.69) is 15.6 Å². The molecule has 26 heavy (non-hydrogen) atoms. The molecule has 1 aromatic rings. The van der Waals surface area contributed by atoms with Crippen LogP contribution in [0, 0.1) is 11.6 Å². The van der Waals surface area contributed by atoms with Gasteiger partial charge in [-0.05, 0) is 38.3 Å². The smallest absolute Gasteiger partial charge is 0.409 e. The molecule has 8 heteroatoms. The summed E-state index contributed by atoms with van der Waals surface area (Å²) in [6.45, 7) is 3.76. The number of likely N-dealkylation sites (tertiary alicyclic amines) is 1. The highest BCUT2D eigenvalue weighted by Gasteiger charge is 2.24. The molecule has 0 spiro atoms. The number of rotatable bonds is 5. The van der Waals surface area contributed by atoms with Crippen LogP contribution in [0.25, 0.3) is 0 Å². The molecular formula is C18H26F2N4O2. The van der Waals surface area contributed by atoms with Crippen molar-refractivity contribution in [2.45, 2.75) is 32.2 Å². The normalized spacial score (nSPS) is 15.7. The molecule has 1 aliphatic heterocycles. The predicted molar refractivity (Wildman–Crippen MR) is 96.2 cm³/mol. The zero-order chi connectivity index (χ0) is 18.9. The lowest BCUT2D eigenvalue weighted by molar-refractivity contribution is 0.0963. The molecule has 0 bridgehead atoms. The van der Waals surface area contributed by atoms with Crippen molar-refractivity contribution in [3.63, 3.8) is 0 Å². The zero-order valence-corrected chi connectivity index (χ0v) is 15.2. The number of hydrogen-bond acceptors (Lipinski definition) is 3. The van der Waals surface area contributed by atoms with Gasteiger partial charge in [-0.2, -0.15) is 0 Å². The number of nitrogens with zero attached hydrogens (tertiary/aromatic N) is 2. The molecule has 0 aromatic heterocycles. The second kappa shape index (κ2) is 9.94. The van der Waals surface area contributed by atoms with Crippen LogP contribution in [-0.2, 0) is 11.2 Å². The van der Waals surface area contributed by atoms with E-state index in [1.807, 2.05) is 0 Å². The molecule has 0 unspecified atom stereocenters. The first-order valence-electron chi connectivity index (χ1n) is 8.87. The molecule has 1 heterocycles. The number of carbonyl (C=O) groups is 1. The molecule has 1 aliphatic rings. The van der Waals surface area contributed by atoms with Gasteiger partial charge in [0, 0.05) is 38.3 Å². The summed E-state index contributed by atoms with van der Waals surface area (Å²) in [6.07, 6.45) is 1.50. The fourth-order valence-corrected chi connectivity index (χ4v) is 2.89. The van der Waals surface area contributed by atoms with Gasteiger partial charge in [-0.25, -0.2) is 13.6 Å². The van der Waals surface area contributed by atoms with E-state index in [1.54, 1.807) is 18.9 Å². The number of halogens is 2. The Balaban J connectivity index is 1.76. The van der Waals surface area contributed by atoms with E-state index < -0.39 is 11.6 Å². The van der Waals surface area contributed by atoms with Crippen LogP contribution in [0.4, 0.5) is 13.6 Å². The Hall–Kier alpha value is -2.38. The number of carbonyl (C=O) groups excluding carboxylic acids is 1. The molecular weight excluding hydrogens is 342 g/mol. The Morgan fingerprint density at radius 1 is 1.31 bits per heavy atom. The van der Waals surface area contributed by atoms with Gasteiger partial charge in [0.1, 0.15) is 11.6 Å². The highest BCUT2D eigenvalue weighted by atomic mass is 19.1. The van der Waals surface area contributed by atoms with Crippen LogP contribution in [0.3, 0.4) is 0 Å². The Kier molecular flexibility index (Phi) is 7.62. The Morgan fingerprint density at radius 3 is 2.54 bits per heavy atom. The molecule has 2 N–H and O–H groups in total. The van der Waals surface area contributed by atoms with E-state index >= 15 is 0 Å². The van der Waals surface area contributed by atoms with Gasteiger partial charge in [-0.3, -0.25) is 4.99 Å². The number of guanidine groups is 1. The quantitative estimate of drug-likeness (QED) is 0.618. The number of piperidine rings is 1. The summed E-state index contributed by atoms with van der Waals surface area (Å²) in [4.78, 5) is 17.5. The molecule has 0 atom stereocenters. The van der Waals surface area contributed by atoms with E-state index in [4.69, 9.17) is 4.74 Å². The van der Waals surface area contributed by atoms with Gasteiger partial charge in [0.2, 0.25) is 0 Å². The lowest BCUT2D eigenvalue weighted by Crippen LogP contribution is -2.50. The average molecular weight is 368 g/mol. The maximum Gasteiger partial charge on any atom is 0.409 e. The molecule has 2 rings (SSSR count). The van der Waals surface area contributed by atoms with Crippen LogP contribution in [0.15, 0.2) is 23.2 Å². The molecule has 6 nitrogen and oxygen atoms in total. The lowest BCUT2D eigenvalue weighted by Gasteiger charge is -2.32. The first kappa shape index (κ1) is 19.9. The van der Waals surface area contributed by atoms with Crippen molar-refractivity contribution in [2.75, 3.05) is 33.3 Å². The summed E-state index contributed by atoms with van der Waals surface area (Å²) in [5, 5.41) is 6.36. The van der Waals surface area contributed by atoms with Crippen LogP contribution < -0.4 is 10.6 Å². The molecule has 0 saturated carbocycles. The van der Waals surface area contributed by atoms with Gasteiger partial charge >= 0.3 is 6.09 Å². The molecule has 1 amide bonds. The van der Waals surface area contributed by atoms with E-state index in [0.29, 0.717) is 32.2 Å². The summed E-state index contributed by atoms with van der Waals surface area (Å²) in [6, 6.07) is 4.04. The van der Waals surface area contributed by atoms with Gasteiger partial charge in [0.15, 0.2) is 5.96 Å². The topological polar surface area (TPSA) is 66.0 Å². The highest BCUT2D eigenvalue weighted by molar-refractivity contribution is 5.80. The van der Waals surface area contributed by atoms with Crippen molar-refractivity contribution in [2.24, 2.45) is 4.99 Å². The van der Waals surface area contributed by atoms with Gasteiger partial charge < -0.3 is 20.3 Å². The van der Waals surface area contributed by atoms with Gasteiger partial charge in [-0.15, -0.1) is 0 Å². The van der Waals surface area contributed by atoms with Crippen molar-refractivity contribution in [3.8, 4) is 0 Å². The van der Waals surface area contributed by atoms with Crippen molar-refractivity contribution >= 4 is 12.1 Å². The monoisotopic (exact) mass is 368 g/mol. The molecule has 1 saturated heterocycles. The Bertz CT molecular complexity index is 611. The lowest BCUT2D eigenvalue weighted by atomic mass is 10.1. The number of nitrogens with one attached hydrogen (secondary N) is 2. The second-order valence-corrected chi connectivity index (χ2v) is 6.05. The molecule has 1 fully saturated rings. The van der Waals surface area contributed by atoms with Crippen LogP contribution in [0.1, 0.15) is 25.3 Å². The van der Waals surface area contributed by atoms with Crippen LogP contribution in [-0.4, -0.2) is 56.3 Å². The molecule has 0 aliphatic carbocycles. The third-order valence-corrected chi connectivity index (χ3v) is 4.31. The maximum atomic E-state index is 13.6. The minimum atomic E-state index is -0.541. The van der Waals surface area contributed by atoms with E-state index in [-0.39, 0.29) is 24.1 Å². The summed E-state index contributed by atoms with van der Waals surface area (Å²) < 4.78 is 32.3. The fourth-order valence-electron chi connectivity index (χ4n) is 2.89. The summed E-state index contributed by atoms with van der Waals surface area (Å²) in [5.41, 5.74) is 0.0678. The summed E-state index contributed by atoms with van der Waals surface area (Å²) in [5.74, 6) is -0.501. The van der Waals surface area contributed by atoms with Crippen molar-refractivity contribution in [3.05, 3.63) is 35.4 Å². The van der Waals surface area contributed by atoms with Crippen LogP contribution >= 0.6 is 0 Å². The zero-order valence-electron chi connectivity index (χ0n) is 15.2. The van der Waals surface area contributed by atoms with Gasteiger partial charge in [0.25, 0.3) is 0 Å². The van der Waals surface area contributed by atoms with Crippen molar-refractivity contribution < 1.29 is 18.3 Å². The molecule has 1 aromatic carbocycles. The minimum absolute atomic E-state index is 0.0678. The number of hydrogen-bond donors (Lipinski definition) is 2. The minimum Gasteiger partial charge on any atom is -0.450 e. The molecule has 0 radical (unpaired) electrons. The number of benzene rings is 1. The first-order chi connectivity index (χ1) is 12.5.